The second kappa shape index (κ2) is 11.1. The molecule has 33 heavy (non-hydrogen) atoms. The summed E-state index contributed by atoms with van der Waals surface area (Å²) in [6, 6.07) is 22.9. The molecule has 0 bridgehead atoms. The van der Waals surface area contributed by atoms with Crippen LogP contribution >= 0.6 is 0 Å². The molecule has 0 heterocycles. The van der Waals surface area contributed by atoms with Crippen molar-refractivity contribution in [2.75, 3.05) is 0 Å². The van der Waals surface area contributed by atoms with Crippen molar-refractivity contribution in [3.05, 3.63) is 120 Å². The molecule has 0 amide bonds. The van der Waals surface area contributed by atoms with Crippen molar-refractivity contribution in [1.29, 1.82) is 0 Å². The average molecular weight is 553 g/mol. The fourth-order valence-corrected chi connectivity index (χ4v) is 13.5. The van der Waals surface area contributed by atoms with E-state index in [1.54, 1.807) is 11.1 Å². The summed E-state index contributed by atoms with van der Waals surface area (Å²) in [5.74, 6) is 4.51. The van der Waals surface area contributed by atoms with E-state index in [-0.39, 0.29) is 24.8 Å². The maximum absolute atomic E-state index is 2.57. The predicted octanol–water partition coefficient (Wildman–Crippen LogP) is 1.75. The van der Waals surface area contributed by atoms with Gasteiger partial charge in [-0.15, -0.1) is 0 Å². The number of fused-ring (bicyclic) bond motifs is 2. The zero-order chi connectivity index (χ0) is 20.6. The molecular weight excluding hydrogens is 522 g/mol. The van der Waals surface area contributed by atoms with Gasteiger partial charge in [-0.05, 0) is 0 Å². The molecule has 3 heteroatoms. The predicted molar refractivity (Wildman–Crippen MR) is 126 cm³/mol. The van der Waals surface area contributed by atoms with Crippen LogP contribution in [0.3, 0.4) is 0 Å². The number of hydrogen-bond acceptors (Lipinski definition) is 0. The number of allylic oxidation sites excluding steroid dienone is 8. The smallest absolute Gasteiger partial charge is 1.00 e. The maximum atomic E-state index is 2.57. The van der Waals surface area contributed by atoms with Crippen LogP contribution in [-0.2, 0) is 23.2 Å². The third-order valence-corrected chi connectivity index (χ3v) is 13.9. The van der Waals surface area contributed by atoms with Gasteiger partial charge in [0.05, 0.1) is 0 Å². The Kier molecular flexibility index (Phi) is 8.38. The summed E-state index contributed by atoms with van der Waals surface area (Å²) < 4.78 is 1.79. The second-order valence-corrected chi connectivity index (χ2v) is 13.8. The Morgan fingerprint density at radius 1 is 0.515 bits per heavy atom. The van der Waals surface area contributed by atoms with Gasteiger partial charge in [0, 0.05) is 0 Å². The molecule has 2 saturated carbocycles. The van der Waals surface area contributed by atoms with E-state index >= 15 is 0 Å². The summed E-state index contributed by atoms with van der Waals surface area (Å²) in [5, 5.41) is 0. The van der Waals surface area contributed by atoms with E-state index in [1.165, 1.54) is 12.8 Å². The molecule has 4 aliphatic carbocycles. The van der Waals surface area contributed by atoms with Crippen molar-refractivity contribution >= 4 is 0 Å². The topological polar surface area (TPSA) is 0 Å². The average Bonchev–Trinajstić information content (AvgIpc) is 3.40. The number of halogens is 2. The van der Waals surface area contributed by atoms with Crippen LogP contribution in [0.4, 0.5) is 0 Å². The van der Waals surface area contributed by atoms with E-state index in [2.05, 4.69) is 109 Å². The van der Waals surface area contributed by atoms with Crippen LogP contribution in [-0.4, -0.2) is 0 Å². The molecule has 2 aromatic carbocycles. The quantitative estimate of drug-likeness (QED) is 0.543. The first-order valence-corrected chi connectivity index (χ1v) is 14.8. The van der Waals surface area contributed by atoms with Crippen LogP contribution in [0.25, 0.3) is 0 Å². The van der Waals surface area contributed by atoms with E-state index in [4.69, 9.17) is 0 Å². The molecule has 0 radical (unpaired) electrons. The van der Waals surface area contributed by atoms with Crippen LogP contribution in [0.5, 0.6) is 0 Å². The second-order valence-electron chi connectivity index (χ2n) is 9.75. The normalized spacial score (nSPS) is 35.2. The van der Waals surface area contributed by atoms with Gasteiger partial charge < -0.3 is 24.8 Å². The first-order valence-electron chi connectivity index (χ1n) is 11.9. The van der Waals surface area contributed by atoms with Crippen molar-refractivity contribution in [2.24, 2.45) is 23.7 Å². The minimum atomic E-state index is -0.690. The Bertz CT molecular complexity index is 942. The van der Waals surface area contributed by atoms with Crippen molar-refractivity contribution in [2.45, 2.75) is 31.9 Å². The third kappa shape index (κ3) is 4.84. The molecule has 0 aliphatic heterocycles. The Balaban J connectivity index is 0.00000130. The SMILES string of the molecule is C1=CC2CC(c3ccccc3)[CH]([Zr+2][CH]3C(c4ccccc4)CC4C=CC=CC43)C2C=C1.[Cl-].[Cl-]. The molecule has 0 saturated heterocycles. The molecule has 4 aliphatic rings. The van der Waals surface area contributed by atoms with Gasteiger partial charge in [0.1, 0.15) is 0 Å². The van der Waals surface area contributed by atoms with Crippen LogP contribution in [0, 0.1) is 23.7 Å². The van der Waals surface area contributed by atoms with Crippen molar-refractivity contribution in [1.82, 2.24) is 0 Å². The first kappa shape index (κ1) is 25.0. The van der Waals surface area contributed by atoms with Gasteiger partial charge in [-0.1, -0.05) is 0 Å². The van der Waals surface area contributed by atoms with E-state index in [0.29, 0.717) is 0 Å². The van der Waals surface area contributed by atoms with E-state index in [1.807, 2.05) is 0 Å². The van der Waals surface area contributed by atoms with Gasteiger partial charge in [-0.25, -0.2) is 0 Å². The van der Waals surface area contributed by atoms with Gasteiger partial charge in [-0.2, -0.15) is 0 Å². The van der Waals surface area contributed by atoms with E-state index in [0.717, 1.165) is 42.8 Å². The minimum absolute atomic E-state index is 0. The first-order chi connectivity index (χ1) is 15.4. The van der Waals surface area contributed by atoms with Crippen LogP contribution in [0.1, 0.15) is 35.8 Å². The van der Waals surface area contributed by atoms with E-state index < -0.39 is 23.2 Å². The molecule has 2 fully saturated rings. The molecule has 6 rings (SSSR count). The van der Waals surface area contributed by atoms with Crippen molar-refractivity contribution < 1.29 is 48.0 Å². The summed E-state index contributed by atoms with van der Waals surface area (Å²) in [6.45, 7) is 0. The number of benzene rings is 2. The summed E-state index contributed by atoms with van der Waals surface area (Å²) in [5.41, 5.74) is 3.18. The van der Waals surface area contributed by atoms with Gasteiger partial charge in [-0.3, -0.25) is 0 Å². The van der Waals surface area contributed by atoms with Gasteiger partial charge in [0.25, 0.3) is 0 Å². The summed E-state index contributed by atoms with van der Waals surface area (Å²) >= 11 is -0.690. The minimum Gasteiger partial charge on any atom is -1.00 e. The van der Waals surface area contributed by atoms with Crippen LogP contribution < -0.4 is 24.8 Å². The van der Waals surface area contributed by atoms with Crippen molar-refractivity contribution in [3.8, 4) is 0 Å². The molecule has 168 valence electrons. The Hall–Kier alpha value is -1.14. The summed E-state index contributed by atoms with van der Waals surface area (Å²) in [6.07, 6.45) is 22.1. The Morgan fingerprint density at radius 2 is 0.909 bits per heavy atom. The molecule has 8 unspecified atom stereocenters. The Labute approximate surface area is 222 Å². The maximum Gasteiger partial charge on any atom is -1.00 e. The molecule has 0 spiro atoms. The zero-order valence-electron chi connectivity index (χ0n) is 18.7. The number of rotatable bonds is 4. The standard InChI is InChI=1S/2C15H15.2ClH.Zr/c2*1-2-6-12(7-3-1)15-10-13-8-4-5-9-14(13)11-15;;;/h2*1-10,13-15H,11H2;2*1H;/q;;;;+2/p-2. The third-order valence-electron chi connectivity index (χ3n) is 8.18. The van der Waals surface area contributed by atoms with Crippen molar-refractivity contribution in [3.63, 3.8) is 0 Å². The fraction of sp³-hybridized carbons (Fsp3) is 0.333. The summed E-state index contributed by atoms with van der Waals surface area (Å²) in [4.78, 5) is 0. The van der Waals surface area contributed by atoms with Crippen LogP contribution in [0.15, 0.2) is 109 Å². The molecule has 0 nitrogen and oxygen atoms in total. The van der Waals surface area contributed by atoms with E-state index in [9.17, 15) is 0 Å². The molecule has 0 aromatic heterocycles. The number of hydrogen-bond donors (Lipinski definition) is 0. The zero-order valence-corrected chi connectivity index (χ0v) is 22.7. The molecule has 0 N–H and O–H groups in total. The molecular formula is C30H30Cl2Zr. The Morgan fingerprint density at radius 3 is 1.33 bits per heavy atom. The fourth-order valence-electron chi connectivity index (χ4n) is 6.76. The summed E-state index contributed by atoms with van der Waals surface area (Å²) in [7, 11) is 0. The molecule has 2 aromatic rings. The van der Waals surface area contributed by atoms with Crippen LogP contribution in [0.2, 0.25) is 7.25 Å². The van der Waals surface area contributed by atoms with Gasteiger partial charge in [0.2, 0.25) is 0 Å². The monoisotopic (exact) mass is 550 g/mol. The van der Waals surface area contributed by atoms with Gasteiger partial charge >= 0.3 is 199 Å². The van der Waals surface area contributed by atoms with Gasteiger partial charge in [0.15, 0.2) is 0 Å². The largest absolute Gasteiger partial charge is 1.00 e. The molecule has 8 atom stereocenters.